The first-order valence-electron chi connectivity index (χ1n) is 9.45. The average Bonchev–Trinajstić information content (AvgIpc) is 2.74. The van der Waals surface area contributed by atoms with Crippen molar-refractivity contribution in [3.05, 3.63) is 58.6 Å². The van der Waals surface area contributed by atoms with E-state index in [0.29, 0.717) is 46.6 Å². The van der Waals surface area contributed by atoms with Gasteiger partial charge < -0.3 is 14.8 Å². The maximum absolute atomic E-state index is 12.8. The van der Waals surface area contributed by atoms with Crippen molar-refractivity contribution >= 4 is 28.3 Å². The zero-order valence-electron chi connectivity index (χ0n) is 17.1. The molecule has 156 valence electrons. The largest absolute Gasteiger partial charge is 0.493 e. The molecule has 2 aromatic carbocycles. The molecule has 0 aliphatic carbocycles. The van der Waals surface area contributed by atoms with Gasteiger partial charge in [0.1, 0.15) is 0 Å². The highest BCUT2D eigenvalue weighted by atomic mass is 16.5. The van der Waals surface area contributed by atoms with Crippen LogP contribution in [-0.4, -0.2) is 35.5 Å². The van der Waals surface area contributed by atoms with E-state index in [1.165, 1.54) is 32.0 Å². The number of benzene rings is 2. The Morgan fingerprint density at radius 3 is 2.53 bits per heavy atom. The van der Waals surface area contributed by atoms with Crippen LogP contribution < -0.4 is 20.3 Å². The minimum absolute atomic E-state index is 0.0662. The number of anilines is 1. The smallest absolute Gasteiger partial charge is 0.261 e. The van der Waals surface area contributed by atoms with Gasteiger partial charge in [-0.3, -0.25) is 19.0 Å². The number of ether oxygens (including phenoxy) is 2. The summed E-state index contributed by atoms with van der Waals surface area (Å²) in [6.07, 6.45) is 2.14. The summed E-state index contributed by atoms with van der Waals surface area (Å²) in [7, 11) is 3.02. The number of carbonyl (C=O) groups excluding carboxylic acids is 2. The number of aryl methyl sites for hydroxylation is 1. The molecule has 0 fully saturated rings. The fourth-order valence-corrected chi connectivity index (χ4v) is 3.09. The van der Waals surface area contributed by atoms with Gasteiger partial charge in [0.25, 0.3) is 5.56 Å². The van der Waals surface area contributed by atoms with Gasteiger partial charge in [-0.25, -0.2) is 4.98 Å². The highest BCUT2D eigenvalue weighted by Crippen LogP contribution is 2.29. The van der Waals surface area contributed by atoms with Gasteiger partial charge in [0.2, 0.25) is 5.91 Å². The van der Waals surface area contributed by atoms with Crippen LogP contribution in [0.2, 0.25) is 0 Å². The minimum Gasteiger partial charge on any atom is -0.493 e. The van der Waals surface area contributed by atoms with Crippen LogP contribution in [0.1, 0.15) is 30.1 Å². The van der Waals surface area contributed by atoms with Crippen molar-refractivity contribution in [2.75, 3.05) is 19.5 Å². The monoisotopic (exact) mass is 409 g/mol. The molecule has 1 heterocycles. The molecule has 0 radical (unpaired) electrons. The molecule has 8 heteroatoms. The number of rotatable bonds is 8. The van der Waals surface area contributed by atoms with Gasteiger partial charge >= 0.3 is 0 Å². The molecule has 3 aromatic rings. The van der Waals surface area contributed by atoms with E-state index in [0.717, 1.165) is 0 Å². The van der Waals surface area contributed by atoms with Crippen molar-refractivity contribution in [3.8, 4) is 11.5 Å². The topological polar surface area (TPSA) is 99.5 Å². The van der Waals surface area contributed by atoms with Crippen molar-refractivity contribution in [1.29, 1.82) is 0 Å². The number of fused-ring (bicyclic) bond motifs is 1. The second-order valence-electron chi connectivity index (χ2n) is 6.76. The molecule has 0 atom stereocenters. The lowest BCUT2D eigenvalue weighted by molar-refractivity contribution is -0.116. The fourth-order valence-electron chi connectivity index (χ4n) is 3.09. The van der Waals surface area contributed by atoms with Crippen LogP contribution in [0.5, 0.6) is 11.5 Å². The Morgan fingerprint density at radius 1 is 1.10 bits per heavy atom. The molecular formula is C22H23N3O5. The van der Waals surface area contributed by atoms with Gasteiger partial charge in [-0.05, 0) is 31.5 Å². The summed E-state index contributed by atoms with van der Waals surface area (Å²) in [6, 6.07) is 10.0. The molecule has 0 spiro atoms. The summed E-state index contributed by atoms with van der Waals surface area (Å²) >= 11 is 0. The molecule has 1 N–H and O–H groups in total. The molecule has 1 amide bonds. The van der Waals surface area contributed by atoms with Gasteiger partial charge in [0, 0.05) is 30.3 Å². The molecule has 0 unspecified atom stereocenters. The van der Waals surface area contributed by atoms with E-state index < -0.39 is 0 Å². The highest BCUT2D eigenvalue weighted by Gasteiger charge is 2.11. The van der Waals surface area contributed by atoms with Gasteiger partial charge in [-0.2, -0.15) is 0 Å². The van der Waals surface area contributed by atoms with Crippen LogP contribution in [0.4, 0.5) is 5.69 Å². The molecule has 3 rings (SSSR count). The predicted octanol–water partition coefficient (Wildman–Crippen LogP) is 3.04. The number of carbonyl (C=O) groups is 2. The zero-order valence-corrected chi connectivity index (χ0v) is 17.1. The first-order valence-corrected chi connectivity index (χ1v) is 9.45. The summed E-state index contributed by atoms with van der Waals surface area (Å²) < 4.78 is 12.0. The molecular weight excluding hydrogens is 386 g/mol. The Hall–Kier alpha value is -3.68. The summed E-state index contributed by atoms with van der Waals surface area (Å²) in [6.45, 7) is 1.82. The molecule has 0 saturated carbocycles. The third-order valence-electron chi connectivity index (χ3n) is 4.69. The lowest BCUT2D eigenvalue weighted by atomic mass is 10.1. The molecule has 0 saturated heterocycles. The van der Waals surface area contributed by atoms with Gasteiger partial charge in [-0.15, -0.1) is 0 Å². The van der Waals surface area contributed by atoms with Crippen molar-refractivity contribution in [1.82, 2.24) is 9.55 Å². The van der Waals surface area contributed by atoms with E-state index in [1.807, 2.05) is 0 Å². The van der Waals surface area contributed by atoms with Crippen molar-refractivity contribution in [2.45, 2.75) is 26.3 Å². The van der Waals surface area contributed by atoms with Crippen LogP contribution >= 0.6 is 0 Å². The van der Waals surface area contributed by atoms with E-state index >= 15 is 0 Å². The SMILES string of the molecule is COc1cc2ncn(CCCC(=O)Nc3cccc(C(C)=O)c3)c(=O)c2cc1OC. The lowest BCUT2D eigenvalue weighted by Gasteiger charge is -2.11. The van der Waals surface area contributed by atoms with Gasteiger partial charge in [0.15, 0.2) is 17.3 Å². The van der Waals surface area contributed by atoms with Gasteiger partial charge in [-0.1, -0.05) is 12.1 Å². The van der Waals surface area contributed by atoms with E-state index in [1.54, 1.807) is 36.4 Å². The van der Waals surface area contributed by atoms with Crippen molar-refractivity contribution < 1.29 is 19.1 Å². The number of aromatic nitrogens is 2. The molecule has 0 bridgehead atoms. The second-order valence-corrected chi connectivity index (χ2v) is 6.76. The first-order chi connectivity index (χ1) is 14.4. The Balaban J connectivity index is 1.66. The number of nitrogens with one attached hydrogen (secondary N) is 1. The normalized spacial score (nSPS) is 10.6. The van der Waals surface area contributed by atoms with Crippen molar-refractivity contribution in [2.24, 2.45) is 0 Å². The Morgan fingerprint density at radius 2 is 1.83 bits per heavy atom. The number of hydrogen-bond acceptors (Lipinski definition) is 6. The Bertz CT molecular complexity index is 1150. The minimum atomic E-state index is -0.212. The first kappa shape index (κ1) is 21.0. The molecule has 30 heavy (non-hydrogen) atoms. The van der Waals surface area contributed by atoms with Crippen LogP contribution in [0.3, 0.4) is 0 Å². The summed E-state index contributed by atoms with van der Waals surface area (Å²) in [5.74, 6) is 0.696. The standard InChI is InChI=1S/C22H23N3O5/c1-14(26)15-6-4-7-16(10-15)24-21(27)8-5-9-25-13-23-18-12-20(30-3)19(29-2)11-17(18)22(25)28/h4,6-7,10-13H,5,8-9H2,1-3H3,(H,24,27). The maximum Gasteiger partial charge on any atom is 0.261 e. The second kappa shape index (κ2) is 9.21. The number of amides is 1. The Labute approximate surface area is 173 Å². The predicted molar refractivity (Wildman–Crippen MR) is 113 cm³/mol. The van der Waals surface area contributed by atoms with E-state index in [4.69, 9.17) is 9.47 Å². The number of methoxy groups -OCH3 is 2. The highest BCUT2D eigenvalue weighted by molar-refractivity contribution is 5.97. The summed E-state index contributed by atoms with van der Waals surface area (Å²) in [5.41, 5.74) is 1.40. The number of Topliss-reactive ketones (excluding diaryl/α,β-unsaturated/α-hetero) is 1. The van der Waals surface area contributed by atoms with E-state index in [2.05, 4.69) is 10.3 Å². The quantitative estimate of drug-likeness (QED) is 0.574. The maximum atomic E-state index is 12.8. The molecule has 1 aromatic heterocycles. The third kappa shape index (κ3) is 4.65. The van der Waals surface area contributed by atoms with Crippen LogP contribution in [0.15, 0.2) is 47.5 Å². The number of ketones is 1. The molecule has 8 nitrogen and oxygen atoms in total. The van der Waals surface area contributed by atoms with Crippen LogP contribution in [0, 0.1) is 0 Å². The third-order valence-corrected chi connectivity index (χ3v) is 4.69. The van der Waals surface area contributed by atoms with Crippen LogP contribution in [0.25, 0.3) is 10.9 Å². The van der Waals surface area contributed by atoms with Gasteiger partial charge in [0.05, 0.1) is 31.4 Å². The summed E-state index contributed by atoms with van der Waals surface area (Å²) in [5, 5.41) is 3.19. The Kier molecular flexibility index (Phi) is 6.46. The van der Waals surface area contributed by atoms with Crippen LogP contribution in [-0.2, 0) is 11.3 Å². The lowest BCUT2D eigenvalue weighted by Crippen LogP contribution is -2.22. The zero-order chi connectivity index (χ0) is 21.7. The molecule has 0 aliphatic heterocycles. The van der Waals surface area contributed by atoms with E-state index in [9.17, 15) is 14.4 Å². The van der Waals surface area contributed by atoms with Crippen molar-refractivity contribution in [3.63, 3.8) is 0 Å². The number of hydrogen-bond donors (Lipinski definition) is 1. The fraction of sp³-hybridized carbons (Fsp3) is 0.273. The summed E-state index contributed by atoms with van der Waals surface area (Å²) in [4.78, 5) is 40.7. The van der Waals surface area contributed by atoms with E-state index in [-0.39, 0.29) is 23.7 Å². The number of nitrogens with zero attached hydrogens (tertiary/aromatic N) is 2. The molecule has 0 aliphatic rings. The average molecular weight is 409 g/mol.